The van der Waals surface area contributed by atoms with Crippen LogP contribution < -0.4 is 5.32 Å². The van der Waals surface area contributed by atoms with Gasteiger partial charge >= 0.3 is 0 Å². The number of unbranched alkanes of at least 4 members (excludes halogenated alkanes) is 18. The molecule has 0 radical (unpaired) electrons. The van der Waals surface area contributed by atoms with Gasteiger partial charge in [0.2, 0.25) is 5.91 Å². The van der Waals surface area contributed by atoms with Crippen LogP contribution in [0, 0.1) is 0 Å². The second-order valence-electron chi connectivity index (χ2n) is 25.3. The number of allylic oxidation sites excluding steroid dienone is 21. The van der Waals surface area contributed by atoms with Crippen LogP contribution in [-0.2, 0) is 33.2 Å². The summed E-state index contributed by atoms with van der Waals surface area (Å²) in [5.41, 5.74) is 0. The Morgan fingerprint density at radius 2 is 0.729 bits per heavy atom. The highest BCUT2D eigenvalue weighted by Gasteiger charge is 2.53. The van der Waals surface area contributed by atoms with E-state index in [1.165, 1.54) is 77.0 Å². The van der Waals surface area contributed by atoms with Crippen molar-refractivity contribution >= 4 is 5.91 Å². The Kier molecular flexibility index (Phi) is 50.8. The Bertz CT molecular complexity index is 2260. The molecule has 0 aromatic heterocycles. The smallest absolute Gasteiger partial charge is 0.220 e. The first-order valence-electron chi connectivity index (χ1n) is 36.4. The third-order valence-electron chi connectivity index (χ3n) is 17.2. The van der Waals surface area contributed by atoms with E-state index >= 15 is 0 Å². The topological polar surface area (TPSA) is 307 Å². The Labute approximate surface area is 575 Å². The number of hydrogen-bond donors (Lipinski definition) is 12. The summed E-state index contributed by atoms with van der Waals surface area (Å²) in [5.74, 6) is -0.320. The van der Waals surface area contributed by atoms with Crippen molar-refractivity contribution < 1.29 is 89.4 Å². The lowest BCUT2D eigenvalue weighted by Crippen LogP contribution is -2.66. The molecule has 0 saturated carbocycles. The van der Waals surface area contributed by atoms with Crippen molar-refractivity contribution in [3.05, 3.63) is 134 Å². The Morgan fingerprint density at radius 1 is 0.385 bits per heavy atom. The molecule has 0 bridgehead atoms. The number of nitrogens with one attached hydrogen (secondary N) is 1. The van der Waals surface area contributed by atoms with Crippen LogP contribution in [0.5, 0.6) is 0 Å². The summed E-state index contributed by atoms with van der Waals surface area (Å²) in [6.45, 7) is 1.56. The fourth-order valence-electron chi connectivity index (χ4n) is 11.3. The second-order valence-corrected chi connectivity index (χ2v) is 25.3. The lowest BCUT2D eigenvalue weighted by Gasteiger charge is -2.48. The van der Waals surface area contributed by atoms with Crippen molar-refractivity contribution in [2.24, 2.45) is 0 Å². The van der Waals surface area contributed by atoms with Gasteiger partial charge in [-0.3, -0.25) is 4.79 Å². The van der Waals surface area contributed by atoms with Crippen LogP contribution >= 0.6 is 0 Å². The van der Waals surface area contributed by atoms with Crippen LogP contribution in [0.3, 0.4) is 0 Å². The quantitative estimate of drug-likeness (QED) is 0.0199. The first kappa shape index (κ1) is 86.2. The summed E-state index contributed by atoms with van der Waals surface area (Å²) in [6.07, 6.45) is 52.8. The number of amides is 1. The monoisotopic (exact) mass is 1350 g/mol. The number of aliphatic hydroxyl groups is 11. The molecule has 3 heterocycles. The van der Waals surface area contributed by atoms with Gasteiger partial charge in [0, 0.05) is 6.42 Å². The molecule has 0 aromatic rings. The molecule has 17 atom stereocenters. The van der Waals surface area contributed by atoms with Gasteiger partial charge in [0.15, 0.2) is 18.9 Å². The summed E-state index contributed by atoms with van der Waals surface area (Å²) in [7, 11) is 0. The zero-order valence-electron chi connectivity index (χ0n) is 58.0. The number of aliphatic hydroxyl groups excluding tert-OH is 11. The molecule has 17 unspecified atom stereocenters. The first-order chi connectivity index (χ1) is 46.8. The molecule has 0 spiro atoms. The standard InChI is InChI=1S/C77H127NO18/c1-3-5-7-9-11-13-15-17-19-21-23-25-27-28-29-30-31-32-33-35-37-39-41-43-45-47-49-51-53-55-65(83)78-60(61(82)54-52-50-48-46-44-42-40-38-36-34-26-24-22-20-18-16-14-12-10-8-6-4-2)59-91-75-71(89)68(86)73(63(57-80)93-75)96-77-72(90)69(87)74(64(58-81)94-77)95-76-70(88)67(85)66(84)62(56-79)92-76/h5,7,11,13,17,19,23,25,28-29,31-32,35-38,41,43-44,46,52,54,60-64,66-77,79-82,84-90H,3-4,6,8-10,12,14-16,18,20-22,24,26-27,30,33-34,39-40,42,45,47-51,53,55-59H2,1-2H3,(H,78,83)/b7-5-,13-11-,19-17-,25-23-,29-28-,32-31-,37-35-,38-36+,43-41-,46-44+,54-52+. The highest BCUT2D eigenvalue weighted by molar-refractivity contribution is 5.76. The molecular formula is C77H127NO18. The van der Waals surface area contributed by atoms with E-state index in [4.69, 9.17) is 28.4 Å². The van der Waals surface area contributed by atoms with Gasteiger partial charge in [-0.05, 0) is 109 Å². The Balaban J connectivity index is 1.46. The summed E-state index contributed by atoms with van der Waals surface area (Å²) in [5, 5.41) is 121. The number of carbonyl (C=O) groups is 1. The fourth-order valence-corrected chi connectivity index (χ4v) is 11.3. The third-order valence-corrected chi connectivity index (χ3v) is 17.2. The van der Waals surface area contributed by atoms with Crippen LogP contribution in [0.2, 0.25) is 0 Å². The maximum absolute atomic E-state index is 13.4. The van der Waals surface area contributed by atoms with Crippen molar-refractivity contribution in [1.82, 2.24) is 5.32 Å². The van der Waals surface area contributed by atoms with Gasteiger partial charge in [-0.15, -0.1) is 0 Å². The molecule has 1 amide bonds. The van der Waals surface area contributed by atoms with E-state index in [1.54, 1.807) is 6.08 Å². The maximum Gasteiger partial charge on any atom is 0.220 e. The summed E-state index contributed by atoms with van der Waals surface area (Å²) >= 11 is 0. The van der Waals surface area contributed by atoms with Crippen LogP contribution in [-0.4, -0.2) is 193 Å². The van der Waals surface area contributed by atoms with E-state index in [1.807, 2.05) is 6.08 Å². The Hall–Kier alpha value is -4.07. The number of ether oxygens (including phenoxy) is 6. The molecule has 3 aliphatic heterocycles. The third kappa shape index (κ3) is 37.4. The van der Waals surface area contributed by atoms with E-state index in [-0.39, 0.29) is 12.3 Å². The highest BCUT2D eigenvalue weighted by atomic mass is 16.8. The summed E-state index contributed by atoms with van der Waals surface area (Å²) in [4.78, 5) is 13.4. The van der Waals surface area contributed by atoms with Crippen molar-refractivity contribution in [1.29, 1.82) is 0 Å². The van der Waals surface area contributed by atoms with E-state index in [2.05, 4.69) is 141 Å². The zero-order valence-corrected chi connectivity index (χ0v) is 58.0. The minimum Gasteiger partial charge on any atom is -0.394 e. The number of rotatable bonds is 54. The summed E-state index contributed by atoms with van der Waals surface area (Å²) < 4.78 is 34.3. The van der Waals surface area contributed by atoms with E-state index < -0.39 is 131 Å². The van der Waals surface area contributed by atoms with Gasteiger partial charge in [-0.25, -0.2) is 0 Å². The molecule has 3 rings (SSSR count). The van der Waals surface area contributed by atoms with Gasteiger partial charge in [-0.1, -0.05) is 231 Å². The minimum absolute atomic E-state index is 0.193. The van der Waals surface area contributed by atoms with Crippen LogP contribution in [0.4, 0.5) is 0 Å². The van der Waals surface area contributed by atoms with Gasteiger partial charge in [-0.2, -0.15) is 0 Å². The van der Waals surface area contributed by atoms with E-state index in [0.717, 1.165) is 103 Å². The summed E-state index contributed by atoms with van der Waals surface area (Å²) in [6, 6.07) is -1.02. The molecule has 96 heavy (non-hydrogen) atoms. The van der Waals surface area contributed by atoms with Crippen molar-refractivity contribution in [3.8, 4) is 0 Å². The largest absolute Gasteiger partial charge is 0.394 e. The van der Waals surface area contributed by atoms with Crippen LogP contribution in [0.1, 0.15) is 213 Å². The molecule has 0 aromatic carbocycles. The SMILES string of the molecule is CC/C=C\C/C=C\C/C=C\C/C=C\C/C=C\C/C=C\C/C=C\C/C=C\CCCCCCC(=O)NC(COC1OC(CO)C(OC2OC(CO)C(OC3OC(CO)C(O)C(O)C3O)C(O)C2O)C(O)C1O)C(O)/C=C/CC/C=C/CC/C=C/CCCCCCCCCCCCCC. The highest BCUT2D eigenvalue weighted by Crippen LogP contribution is 2.33. The van der Waals surface area contributed by atoms with Gasteiger partial charge in [0.05, 0.1) is 38.6 Å². The van der Waals surface area contributed by atoms with Gasteiger partial charge < -0.3 is 89.9 Å². The average molecular weight is 1350 g/mol. The first-order valence-corrected chi connectivity index (χ1v) is 36.4. The predicted octanol–water partition coefficient (Wildman–Crippen LogP) is 10.5. The second kappa shape index (κ2) is 56.7. The lowest BCUT2D eigenvalue weighted by molar-refractivity contribution is -0.379. The fraction of sp³-hybridized carbons (Fsp3) is 0.701. The van der Waals surface area contributed by atoms with Crippen molar-refractivity contribution in [2.45, 2.75) is 317 Å². The van der Waals surface area contributed by atoms with Crippen LogP contribution in [0.25, 0.3) is 0 Å². The molecule has 3 saturated heterocycles. The molecule has 19 heteroatoms. The average Bonchev–Trinajstić information content (AvgIpc) is 0.787. The lowest BCUT2D eigenvalue weighted by atomic mass is 9.96. The van der Waals surface area contributed by atoms with Gasteiger partial charge in [0.25, 0.3) is 0 Å². The van der Waals surface area contributed by atoms with E-state index in [9.17, 15) is 61.0 Å². The molecule has 12 N–H and O–H groups in total. The molecular weight excluding hydrogens is 1230 g/mol. The van der Waals surface area contributed by atoms with Gasteiger partial charge in [0.1, 0.15) is 73.2 Å². The van der Waals surface area contributed by atoms with Crippen molar-refractivity contribution in [3.63, 3.8) is 0 Å². The molecule has 548 valence electrons. The molecule has 3 aliphatic rings. The van der Waals surface area contributed by atoms with E-state index in [0.29, 0.717) is 12.8 Å². The van der Waals surface area contributed by atoms with Crippen LogP contribution in [0.15, 0.2) is 134 Å². The molecule has 19 nitrogen and oxygen atoms in total. The molecule has 0 aliphatic carbocycles. The predicted molar refractivity (Wildman–Crippen MR) is 378 cm³/mol. The van der Waals surface area contributed by atoms with Crippen molar-refractivity contribution in [2.75, 3.05) is 26.4 Å². The normalized spacial score (nSPS) is 27.9. The maximum atomic E-state index is 13.4. The molecule has 3 fully saturated rings. The zero-order chi connectivity index (χ0) is 69.6. The Morgan fingerprint density at radius 3 is 1.17 bits per heavy atom. The number of carbonyl (C=O) groups excluding carboxylic acids is 1. The minimum atomic E-state index is -1.99. The number of hydrogen-bond acceptors (Lipinski definition) is 18.